The Morgan fingerprint density at radius 2 is 1.93 bits per heavy atom. The zero-order valence-corrected chi connectivity index (χ0v) is 18.3. The van der Waals surface area contributed by atoms with Crippen molar-refractivity contribution in [3.05, 3.63) is 18.3 Å². The van der Waals surface area contributed by atoms with Gasteiger partial charge in [-0.05, 0) is 57.1 Å². The van der Waals surface area contributed by atoms with E-state index in [-0.39, 0.29) is 23.3 Å². The Morgan fingerprint density at radius 1 is 1.17 bits per heavy atom. The van der Waals surface area contributed by atoms with Gasteiger partial charge < -0.3 is 20.4 Å². The molecule has 3 fully saturated rings. The van der Waals surface area contributed by atoms with Crippen LogP contribution in [0, 0.1) is 11.3 Å². The summed E-state index contributed by atoms with van der Waals surface area (Å²) in [6.45, 7) is 6.43. The van der Waals surface area contributed by atoms with Gasteiger partial charge in [-0.15, -0.1) is 0 Å². The van der Waals surface area contributed by atoms with Gasteiger partial charge in [-0.25, -0.2) is 4.98 Å². The molecule has 1 aliphatic carbocycles. The molecule has 4 rings (SSSR count). The fourth-order valence-corrected chi connectivity index (χ4v) is 5.43. The Balaban J connectivity index is 1.41. The summed E-state index contributed by atoms with van der Waals surface area (Å²) in [7, 11) is 0. The van der Waals surface area contributed by atoms with Crippen LogP contribution in [0.3, 0.4) is 0 Å². The Labute approximate surface area is 179 Å². The van der Waals surface area contributed by atoms with E-state index in [2.05, 4.69) is 20.1 Å². The van der Waals surface area contributed by atoms with Crippen LogP contribution in [0.4, 0.5) is 11.5 Å². The maximum Gasteiger partial charge on any atom is 0.226 e. The Hall–Kier alpha value is -1.70. The first-order valence-electron chi connectivity index (χ1n) is 11.5. The van der Waals surface area contributed by atoms with E-state index in [9.17, 15) is 15.0 Å². The lowest BCUT2D eigenvalue weighted by molar-refractivity contribution is -0.118. The summed E-state index contributed by atoms with van der Waals surface area (Å²) >= 11 is 0. The predicted molar refractivity (Wildman–Crippen MR) is 117 cm³/mol. The van der Waals surface area contributed by atoms with Crippen LogP contribution in [0.15, 0.2) is 18.3 Å². The van der Waals surface area contributed by atoms with E-state index in [1.165, 1.54) is 0 Å². The minimum absolute atomic E-state index is 0.00845. The summed E-state index contributed by atoms with van der Waals surface area (Å²) < 4.78 is 0. The molecule has 0 radical (unpaired) electrons. The number of nitrogens with zero attached hydrogens (tertiary/aromatic N) is 3. The van der Waals surface area contributed by atoms with Crippen molar-refractivity contribution in [3.63, 3.8) is 0 Å². The van der Waals surface area contributed by atoms with Crippen LogP contribution in [0.25, 0.3) is 0 Å². The number of hydrogen-bond donors (Lipinski definition) is 3. The molecule has 7 nitrogen and oxygen atoms in total. The smallest absolute Gasteiger partial charge is 0.226 e. The number of pyridine rings is 1. The second kappa shape index (κ2) is 8.81. The molecule has 2 saturated heterocycles. The molecule has 1 aromatic rings. The van der Waals surface area contributed by atoms with Gasteiger partial charge in [0, 0.05) is 37.0 Å². The van der Waals surface area contributed by atoms with Crippen LogP contribution in [0.2, 0.25) is 0 Å². The number of piperidine rings is 1. The Morgan fingerprint density at radius 3 is 2.60 bits per heavy atom. The fraction of sp³-hybridized carbons (Fsp3) is 0.739. The molecular weight excluding hydrogens is 380 g/mol. The highest BCUT2D eigenvalue weighted by Crippen LogP contribution is 2.45. The second-order valence-electron chi connectivity index (χ2n) is 9.76. The monoisotopic (exact) mass is 416 g/mol. The number of hydrogen-bond acceptors (Lipinski definition) is 6. The third-order valence-electron chi connectivity index (χ3n) is 7.34. The number of carbonyl (C=O) groups is 1. The van der Waals surface area contributed by atoms with Crippen molar-refractivity contribution >= 4 is 17.4 Å². The number of aliphatic hydroxyl groups excluding tert-OH is 2. The maximum atomic E-state index is 11.9. The number of aromatic nitrogens is 1. The zero-order valence-electron chi connectivity index (χ0n) is 18.3. The largest absolute Gasteiger partial charge is 0.393 e. The average Bonchev–Trinajstić information content (AvgIpc) is 3.04. The summed E-state index contributed by atoms with van der Waals surface area (Å²) in [5.74, 6) is 0.833. The van der Waals surface area contributed by atoms with Gasteiger partial charge in [0.15, 0.2) is 0 Å². The van der Waals surface area contributed by atoms with Crippen molar-refractivity contribution in [3.8, 4) is 0 Å². The van der Waals surface area contributed by atoms with Crippen LogP contribution in [-0.2, 0) is 4.79 Å². The molecule has 3 aliphatic rings. The quantitative estimate of drug-likeness (QED) is 0.699. The van der Waals surface area contributed by atoms with Gasteiger partial charge in [-0.3, -0.25) is 9.69 Å². The van der Waals surface area contributed by atoms with E-state index in [4.69, 9.17) is 0 Å². The van der Waals surface area contributed by atoms with Gasteiger partial charge in [0.1, 0.15) is 12.0 Å². The number of carbonyl (C=O) groups excluding carboxylic acids is 1. The maximum absolute atomic E-state index is 11.9. The second-order valence-corrected chi connectivity index (χ2v) is 9.76. The molecule has 30 heavy (non-hydrogen) atoms. The summed E-state index contributed by atoms with van der Waals surface area (Å²) in [6, 6.07) is 4.27. The molecule has 0 bridgehead atoms. The van der Waals surface area contributed by atoms with Gasteiger partial charge in [0.25, 0.3) is 0 Å². The molecular formula is C23H36N4O3. The molecule has 0 aromatic carbocycles. The van der Waals surface area contributed by atoms with Gasteiger partial charge in [-0.2, -0.15) is 0 Å². The first-order chi connectivity index (χ1) is 14.4. The number of rotatable bonds is 4. The zero-order chi connectivity index (χ0) is 21.3. The third kappa shape index (κ3) is 4.34. The topological polar surface area (TPSA) is 88.9 Å². The van der Waals surface area contributed by atoms with Crippen molar-refractivity contribution in [1.29, 1.82) is 0 Å². The average molecular weight is 417 g/mol. The van der Waals surface area contributed by atoms with Crippen LogP contribution in [0.5, 0.6) is 0 Å². The number of anilines is 2. The van der Waals surface area contributed by atoms with Gasteiger partial charge in [-0.1, -0.05) is 13.8 Å². The molecule has 3 heterocycles. The highest BCUT2D eigenvalue weighted by Gasteiger charge is 2.50. The minimum Gasteiger partial charge on any atom is -0.393 e. The summed E-state index contributed by atoms with van der Waals surface area (Å²) in [5, 5.41) is 24.0. The summed E-state index contributed by atoms with van der Waals surface area (Å²) in [4.78, 5) is 21.1. The number of aliphatic hydroxyl groups is 2. The number of nitrogens with one attached hydrogen (secondary N) is 1. The standard InChI is InChI=1S/C23H36N4O3/c1-16(2)21(29)25-17-4-9-20(24-14-17)26-12-3-10-23(15-26)11-13-27(22(23)30)18-5-7-19(28)8-6-18/h4,9,14,16,18-19,22,28,30H,3,5-8,10-13,15H2,1-2H3,(H,25,29)/t18?,19?,22?,23-/m1/s1. The van der Waals surface area contributed by atoms with Gasteiger partial charge >= 0.3 is 0 Å². The highest BCUT2D eigenvalue weighted by molar-refractivity contribution is 5.91. The molecule has 1 saturated carbocycles. The van der Waals surface area contributed by atoms with Gasteiger partial charge in [0.2, 0.25) is 5.91 Å². The molecule has 1 amide bonds. The lowest BCUT2D eigenvalue weighted by Gasteiger charge is -2.45. The van der Waals surface area contributed by atoms with E-state index >= 15 is 0 Å². The highest BCUT2D eigenvalue weighted by atomic mass is 16.3. The van der Waals surface area contributed by atoms with Crippen molar-refractivity contribution in [2.75, 3.05) is 29.9 Å². The lowest BCUT2D eigenvalue weighted by atomic mass is 9.77. The first kappa shape index (κ1) is 21.5. The minimum atomic E-state index is -0.426. The van der Waals surface area contributed by atoms with E-state index in [1.54, 1.807) is 6.20 Å². The molecule has 1 unspecified atom stereocenters. The van der Waals surface area contributed by atoms with Crippen LogP contribution >= 0.6 is 0 Å². The Kier molecular flexibility index (Phi) is 6.32. The van der Waals surface area contributed by atoms with Crippen molar-refractivity contribution in [2.24, 2.45) is 11.3 Å². The summed E-state index contributed by atoms with van der Waals surface area (Å²) in [6.07, 6.45) is 7.86. The molecule has 7 heteroatoms. The molecule has 1 aromatic heterocycles. The summed E-state index contributed by atoms with van der Waals surface area (Å²) in [5.41, 5.74) is 0.608. The fourth-order valence-electron chi connectivity index (χ4n) is 5.43. The van der Waals surface area contributed by atoms with Gasteiger partial charge in [0.05, 0.1) is 18.0 Å². The SMILES string of the molecule is CC(C)C(=O)Nc1ccc(N2CCC[C@@]3(CCN(C4CCC(O)CC4)C3O)C2)nc1. The number of amides is 1. The molecule has 2 aliphatic heterocycles. The predicted octanol–water partition coefficient (Wildman–Crippen LogP) is 2.59. The molecule has 1 spiro atoms. The normalized spacial score (nSPS) is 32.7. The molecule has 3 N–H and O–H groups in total. The van der Waals surface area contributed by atoms with E-state index in [1.807, 2.05) is 26.0 Å². The lowest BCUT2D eigenvalue weighted by Crippen LogP contribution is -2.52. The van der Waals surface area contributed by atoms with E-state index in [0.717, 1.165) is 76.1 Å². The van der Waals surface area contributed by atoms with Crippen LogP contribution in [0.1, 0.15) is 58.8 Å². The van der Waals surface area contributed by atoms with Crippen molar-refractivity contribution in [2.45, 2.75) is 77.2 Å². The third-order valence-corrected chi connectivity index (χ3v) is 7.34. The van der Waals surface area contributed by atoms with Crippen molar-refractivity contribution < 1.29 is 15.0 Å². The number of likely N-dealkylation sites (tertiary alicyclic amines) is 1. The first-order valence-corrected chi connectivity index (χ1v) is 11.5. The van der Waals surface area contributed by atoms with Crippen LogP contribution in [-0.4, -0.2) is 64.0 Å². The van der Waals surface area contributed by atoms with E-state index in [0.29, 0.717) is 6.04 Å². The molecule has 166 valence electrons. The molecule has 2 atom stereocenters. The van der Waals surface area contributed by atoms with Crippen LogP contribution < -0.4 is 10.2 Å². The Bertz CT molecular complexity index is 732. The van der Waals surface area contributed by atoms with Crippen molar-refractivity contribution in [1.82, 2.24) is 9.88 Å². The van der Waals surface area contributed by atoms with E-state index < -0.39 is 6.23 Å².